The van der Waals surface area contributed by atoms with E-state index in [-0.39, 0.29) is 19.0 Å². The number of allylic oxidation sites excluding steroid dienone is 1. The third-order valence-corrected chi connectivity index (χ3v) is 7.72. The quantitative estimate of drug-likeness (QED) is 0.0778. The Bertz CT molecular complexity index is 1860. The first-order chi connectivity index (χ1) is 22.2. The van der Waals surface area contributed by atoms with Crippen molar-refractivity contribution in [3.63, 3.8) is 0 Å². The lowest BCUT2D eigenvalue weighted by atomic mass is 10.1. The summed E-state index contributed by atoms with van der Waals surface area (Å²) in [6.07, 6.45) is 3.79. The molecule has 5 aromatic rings. The molecular formula is C36H33Cl2N3O5. The number of nitrogens with zero attached hydrogens (tertiary/aromatic N) is 2. The summed E-state index contributed by atoms with van der Waals surface area (Å²) in [7, 11) is 1.55. The Labute approximate surface area is 277 Å². The lowest BCUT2D eigenvalue weighted by molar-refractivity contribution is 0.0923. The van der Waals surface area contributed by atoms with Gasteiger partial charge in [-0.05, 0) is 98.6 Å². The fraction of sp³-hybridized carbons (Fsp3) is 0.167. The summed E-state index contributed by atoms with van der Waals surface area (Å²) in [6, 6.07) is 24.1. The maximum Gasteiger partial charge on any atom is 0.307 e. The second kappa shape index (κ2) is 14.9. The highest BCUT2D eigenvalue weighted by Gasteiger charge is 2.15. The molecule has 0 aliphatic heterocycles. The summed E-state index contributed by atoms with van der Waals surface area (Å²) in [5, 5.41) is 5.17. The summed E-state index contributed by atoms with van der Waals surface area (Å²) >= 11 is 12.3. The maximum absolute atomic E-state index is 12.7. The van der Waals surface area contributed by atoms with Crippen LogP contribution in [0.2, 0.25) is 10.0 Å². The number of hydrogen-bond acceptors (Lipinski definition) is 6. The number of methoxy groups -OCH3 is 1. The normalized spacial score (nSPS) is 11.1. The van der Waals surface area contributed by atoms with E-state index in [1.165, 1.54) is 6.21 Å². The number of hydrazone groups is 1. The first-order valence-electron chi connectivity index (χ1n) is 14.4. The molecule has 0 saturated carbocycles. The number of halogens is 2. The average molecular weight is 659 g/mol. The Kier molecular flexibility index (Phi) is 10.5. The van der Waals surface area contributed by atoms with Gasteiger partial charge in [-0.1, -0.05) is 35.3 Å². The molecule has 0 atom stereocenters. The number of hydrogen-bond donors (Lipinski definition) is 1. The van der Waals surface area contributed by atoms with Gasteiger partial charge in [0.1, 0.15) is 24.7 Å². The first-order valence-corrected chi connectivity index (χ1v) is 15.2. The van der Waals surface area contributed by atoms with Crippen LogP contribution in [0.1, 0.15) is 44.4 Å². The molecule has 0 unspecified atom stereocenters. The third kappa shape index (κ3) is 7.83. The number of benzene rings is 3. The van der Waals surface area contributed by atoms with Gasteiger partial charge in [0.05, 0.1) is 13.3 Å². The number of carbonyl (C=O) groups excluding carboxylic acids is 1. The van der Waals surface area contributed by atoms with Crippen molar-refractivity contribution in [3.05, 3.63) is 141 Å². The van der Waals surface area contributed by atoms with E-state index in [0.717, 1.165) is 28.2 Å². The number of carbonyl (C=O) groups is 1. The zero-order valence-corrected chi connectivity index (χ0v) is 27.2. The molecule has 2 heterocycles. The standard InChI is InChI=1S/C36H33Cl2N3O5/c1-5-6-26-17-25(18-34(43-4)35(26)45-21-27-9-10-28(37)19-32(27)38)20-39-40-36(42)33-16-15-31(46-33)22-44-30-13-11-29(12-14-30)41-23(2)7-8-24(41)3/h5,7-20H,1,6,21-22H2,2-4H3,(H,40,42)/b39-20+. The molecule has 10 heteroatoms. The van der Waals surface area contributed by atoms with Gasteiger partial charge in [0, 0.05) is 38.2 Å². The van der Waals surface area contributed by atoms with Gasteiger partial charge in [0.15, 0.2) is 17.3 Å². The Morgan fingerprint density at radius 1 is 0.935 bits per heavy atom. The van der Waals surface area contributed by atoms with Crippen LogP contribution in [0.5, 0.6) is 17.2 Å². The molecule has 2 aromatic heterocycles. The second-order valence-electron chi connectivity index (χ2n) is 10.4. The Morgan fingerprint density at radius 3 is 2.39 bits per heavy atom. The van der Waals surface area contributed by atoms with Crippen LogP contribution in [-0.2, 0) is 19.6 Å². The fourth-order valence-corrected chi connectivity index (χ4v) is 5.35. The van der Waals surface area contributed by atoms with Crippen LogP contribution >= 0.6 is 23.2 Å². The van der Waals surface area contributed by atoms with E-state index < -0.39 is 5.91 Å². The number of aryl methyl sites for hydroxylation is 2. The van der Waals surface area contributed by atoms with Crippen LogP contribution in [0.25, 0.3) is 5.69 Å². The minimum Gasteiger partial charge on any atom is -0.493 e. The van der Waals surface area contributed by atoms with Gasteiger partial charge >= 0.3 is 5.91 Å². The smallest absolute Gasteiger partial charge is 0.307 e. The molecule has 0 aliphatic rings. The van der Waals surface area contributed by atoms with Crippen LogP contribution in [0.3, 0.4) is 0 Å². The monoisotopic (exact) mass is 657 g/mol. The number of nitrogens with one attached hydrogen (secondary N) is 1. The van der Waals surface area contributed by atoms with Crippen molar-refractivity contribution >= 4 is 35.3 Å². The topological polar surface area (TPSA) is 87.2 Å². The first kappa shape index (κ1) is 32.5. The van der Waals surface area contributed by atoms with Crippen LogP contribution in [0.15, 0.2) is 101 Å². The largest absolute Gasteiger partial charge is 0.493 e. The lowest BCUT2D eigenvalue weighted by Crippen LogP contribution is -2.16. The average Bonchev–Trinajstić information content (AvgIpc) is 3.66. The molecular weight excluding hydrogens is 625 g/mol. The zero-order valence-electron chi connectivity index (χ0n) is 25.7. The van der Waals surface area contributed by atoms with Crippen LogP contribution < -0.4 is 19.6 Å². The molecule has 1 N–H and O–H groups in total. The Hall–Kier alpha value is -4.92. The molecule has 0 radical (unpaired) electrons. The van der Waals surface area contributed by atoms with E-state index in [2.05, 4.69) is 47.7 Å². The van der Waals surface area contributed by atoms with E-state index in [1.807, 2.05) is 36.4 Å². The van der Waals surface area contributed by atoms with E-state index in [4.69, 9.17) is 41.8 Å². The molecule has 1 amide bonds. The number of furan rings is 1. The van der Waals surface area contributed by atoms with Crippen molar-refractivity contribution in [1.82, 2.24) is 9.99 Å². The van der Waals surface area contributed by atoms with E-state index in [1.54, 1.807) is 43.5 Å². The van der Waals surface area contributed by atoms with Gasteiger partial charge in [-0.3, -0.25) is 4.79 Å². The summed E-state index contributed by atoms with van der Waals surface area (Å²) in [5.41, 5.74) is 8.18. The van der Waals surface area contributed by atoms with Crippen molar-refractivity contribution < 1.29 is 23.4 Å². The van der Waals surface area contributed by atoms with Gasteiger partial charge in [-0.2, -0.15) is 5.10 Å². The van der Waals surface area contributed by atoms with E-state index in [0.29, 0.717) is 45.0 Å². The van der Waals surface area contributed by atoms with Crippen molar-refractivity contribution in [2.45, 2.75) is 33.5 Å². The van der Waals surface area contributed by atoms with Gasteiger partial charge in [0.2, 0.25) is 0 Å². The number of amides is 1. The van der Waals surface area contributed by atoms with Crippen molar-refractivity contribution in [3.8, 4) is 22.9 Å². The molecule has 0 saturated heterocycles. The van der Waals surface area contributed by atoms with Gasteiger partial charge in [-0.25, -0.2) is 5.43 Å². The molecule has 0 aliphatic carbocycles. The zero-order chi connectivity index (χ0) is 32.6. The minimum absolute atomic E-state index is 0.110. The fourth-order valence-electron chi connectivity index (χ4n) is 4.89. The Morgan fingerprint density at radius 2 is 1.70 bits per heavy atom. The van der Waals surface area contributed by atoms with E-state index in [9.17, 15) is 4.79 Å². The number of rotatable bonds is 13. The highest BCUT2D eigenvalue weighted by molar-refractivity contribution is 6.35. The molecule has 0 spiro atoms. The van der Waals surface area contributed by atoms with Crippen molar-refractivity contribution in [1.29, 1.82) is 0 Å². The molecule has 236 valence electrons. The van der Waals surface area contributed by atoms with Crippen LogP contribution in [-0.4, -0.2) is 23.8 Å². The number of aromatic nitrogens is 1. The summed E-state index contributed by atoms with van der Waals surface area (Å²) in [6.45, 7) is 8.38. The summed E-state index contributed by atoms with van der Waals surface area (Å²) < 4.78 is 25.4. The molecule has 5 rings (SSSR count). The van der Waals surface area contributed by atoms with Crippen molar-refractivity contribution in [2.24, 2.45) is 5.10 Å². The lowest BCUT2D eigenvalue weighted by Gasteiger charge is -2.16. The number of ether oxygens (including phenoxy) is 3. The maximum atomic E-state index is 12.7. The third-order valence-electron chi connectivity index (χ3n) is 7.14. The molecule has 0 fully saturated rings. The molecule has 8 nitrogen and oxygen atoms in total. The SMILES string of the molecule is C=CCc1cc(/C=N/NC(=O)c2ccc(COc3ccc(-n4c(C)ccc4C)cc3)o2)cc(OC)c1OCc1ccc(Cl)cc1Cl. The van der Waals surface area contributed by atoms with Crippen LogP contribution in [0, 0.1) is 13.8 Å². The van der Waals surface area contributed by atoms with Gasteiger partial charge < -0.3 is 23.2 Å². The summed E-state index contributed by atoms with van der Waals surface area (Å²) in [5.74, 6) is 1.86. The molecule has 0 bridgehead atoms. The molecule has 46 heavy (non-hydrogen) atoms. The Balaban J connectivity index is 1.19. The van der Waals surface area contributed by atoms with Gasteiger partial charge in [-0.15, -0.1) is 6.58 Å². The second-order valence-corrected chi connectivity index (χ2v) is 11.3. The minimum atomic E-state index is -0.498. The molecule has 3 aromatic carbocycles. The predicted molar refractivity (Wildman–Crippen MR) is 181 cm³/mol. The van der Waals surface area contributed by atoms with Crippen LogP contribution in [0.4, 0.5) is 0 Å². The predicted octanol–water partition coefficient (Wildman–Crippen LogP) is 8.65. The van der Waals surface area contributed by atoms with Gasteiger partial charge in [0.25, 0.3) is 0 Å². The highest BCUT2D eigenvalue weighted by Crippen LogP contribution is 2.34. The highest BCUT2D eigenvalue weighted by atomic mass is 35.5. The summed E-state index contributed by atoms with van der Waals surface area (Å²) in [4.78, 5) is 12.7. The van der Waals surface area contributed by atoms with Crippen molar-refractivity contribution in [2.75, 3.05) is 7.11 Å². The van der Waals surface area contributed by atoms with E-state index >= 15 is 0 Å².